The summed E-state index contributed by atoms with van der Waals surface area (Å²) in [6.07, 6.45) is 1.81. The number of carbonyl (C=O) groups is 2. The van der Waals surface area contributed by atoms with Crippen LogP contribution in [0.2, 0.25) is 0 Å². The zero-order chi connectivity index (χ0) is 22.4. The normalized spacial score (nSPS) is 11.4. The second-order valence-corrected chi connectivity index (χ2v) is 9.09. The van der Waals surface area contributed by atoms with Crippen molar-refractivity contribution in [3.8, 4) is 11.4 Å². The lowest BCUT2D eigenvalue weighted by atomic mass is 9.87. The Labute approximate surface area is 185 Å². The fraction of sp³-hybridized carbons (Fsp3) is 0.364. The monoisotopic (exact) mass is 441 g/mol. The maximum Gasteiger partial charge on any atom is 0.321 e. The summed E-state index contributed by atoms with van der Waals surface area (Å²) in [6, 6.07) is 11.5. The average Bonchev–Trinajstić information content (AvgIpc) is 3.38. The largest absolute Gasteiger partial charge is 0.467 e. The predicted molar refractivity (Wildman–Crippen MR) is 120 cm³/mol. The van der Waals surface area contributed by atoms with Crippen LogP contribution < -0.4 is 10.6 Å². The van der Waals surface area contributed by atoms with E-state index in [0.717, 1.165) is 17.1 Å². The van der Waals surface area contributed by atoms with Crippen LogP contribution in [0.4, 0.5) is 4.79 Å². The van der Waals surface area contributed by atoms with Gasteiger partial charge < -0.3 is 9.73 Å². The molecule has 9 heteroatoms. The van der Waals surface area contributed by atoms with Gasteiger partial charge in [0, 0.05) is 24.8 Å². The number of hydrogen-bond acceptors (Lipinski definition) is 6. The molecule has 0 aliphatic rings. The van der Waals surface area contributed by atoms with Gasteiger partial charge in [-0.3, -0.25) is 14.7 Å². The van der Waals surface area contributed by atoms with Crippen molar-refractivity contribution in [2.24, 2.45) is 0 Å². The van der Waals surface area contributed by atoms with Gasteiger partial charge in [0.2, 0.25) is 5.91 Å². The van der Waals surface area contributed by atoms with E-state index in [-0.39, 0.29) is 17.7 Å². The average molecular weight is 442 g/mol. The van der Waals surface area contributed by atoms with Crippen LogP contribution in [0.5, 0.6) is 0 Å². The molecule has 0 saturated carbocycles. The Morgan fingerprint density at radius 3 is 2.48 bits per heavy atom. The second kappa shape index (κ2) is 9.82. The Bertz CT molecular complexity index is 1020. The summed E-state index contributed by atoms with van der Waals surface area (Å²) in [5.74, 6) is 1.63. The minimum atomic E-state index is -0.517. The number of nitrogens with one attached hydrogen (secondary N) is 2. The maximum absolute atomic E-state index is 11.8. The van der Waals surface area contributed by atoms with Gasteiger partial charge in [0.05, 0.1) is 12.8 Å². The third-order valence-corrected chi connectivity index (χ3v) is 5.63. The Morgan fingerprint density at radius 2 is 1.87 bits per heavy atom. The summed E-state index contributed by atoms with van der Waals surface area (Å²) in [7, 11) is 1.46. The first-order chi connectivity index (χ1) is 14.8. The minimum Gasteiger partial charge on any atom is -0.467 e. The fourth-order valence-electron chi connectivity index (χ4n) is 2.92. The number of rotatable bonds is 7. The van der Waals surface area contributed by atoms with Crippen molar-refractivity contribution < 1.29 is 14.0 Å². The molecule has 3 aromatic rings. The van der Waals surface area contributed by atoms with Crippen LogP contribution in [0.25, 0.3) is 11.4 Å². The number of nitrogens with zero attached hydrogens (tertiary/aromatic N) is 3. The maximum atomic E-state index is 11.8. The van der Waals surface area contributed by atoms with Gasteiger partial charge in [-0.2, -0.15) is 0 Å². The number of thioether (sulfide) groups is 1. The van der Waals surface area contributed by atoms with Crippen molar-refractivity contribution in [2.75, 3.05) is 12.8 Å². The molecular formula is C22H27N5O3S. The van der Waals surface area contributed by atoms with Crippen molar-refractivity contribution in [1.29, 1.82) is 0 Å². The number of carbonyl (C=O) groups excluding carboxylic acids is 2. The first-order valence-electron chi connectivity index (χ1n) is 9.99. The van der Waals surface area contributed by atoms with E-state index in [4.69, 9.17) is 4.42 Å². The number of furan rings is 1. The van der Waals surface area contributed by atoms with Gasteiger partial charge in [0.15, 0.2) is 11.0 Å². The molecule has 31 heavy (non-hydrogen) atoms. The number of hydrogen-bond donors (Lipinski definition) is 2. The van der Waals surface area contributed by atoms with Crippen molar-refractivity contribution in [3.63, 3.8) is 0 Å². The van der Waals surface area contributed by atoms with Crippen molar-refractivity contribution in [1.82, 2.24) is 25.4 Å². The molecule has 2 N–H and O–H groups in total. The van der Waals surface area contributed by atoms with Gasteiger partial charge in [0.1, 0.15) is 5.76 Å². The molecule has 3 amide bonds. The molecule has 1 aromatic carbocycles. The molecule has 0 bridgehead atoms. The van der Waals surface area contributed by atoms with E-state index >= 15 is 0 Å². The molecule has 8 nitrogen and oxygen atoms in total. The zero-order valence-electron chi connectivity index (χ0n) is 18.1. The predicted octanol–water partition coefficient (Wildman–Crippen LogP) is 3.82. The number of aromatic nitrogens is 3. The molecule has 0 spiro atoms. The Kier molecular flexibility index (Phi) is 7.17. The van der Waals surface area contributed by atoms with Crippen molar-refractivity contribution >= 4 is 23.7 Å². The van der Waals surface area contributed by atoms with Crippen LogP contribution in [-0.4, -0.2) is 39.5 Å². The summed E-state index contributed by atoms with van der Waals surface area (Å²) >= 11 is 1.41. The number of amides is 3. The van der Waals surface area contributed by atoms with Crippen LogP contribution in [0.3, 0.4) is 0 Å². The van der Waals surface area contributed by atoms with Crippen LogP contribution in [0.1, 0.15) is 38.5 Å². The van der Waals surface area contributed by atoms with E-state index in [1.807, 2.05) is 16.7 Å². The lowest BCUT2D eigenvalue weighted by molar-refractivity contribution is -0.119. The van der Waals surface area contributed by atoms with Gasteiger partial charge in [-0.15, -0.1) is 10.2 Å². The number of benzene rings is 1. The van der Waals surface area contributed by atoms with Gasteiger partial charge in [0.25, 0.3) is 0 Å². The summed E-state index contributed by atoms with van der Waals surface area (Å²) < 4.78 is 7.50. The molecule has 2 aromatic heterocycles. The third kappa shape index (κ3) is 5.97. The number of imide groups is 1. The van der Waals surface area contributed by atoms with E-state index in [2.05, 4.69) is 65.9 Å². The second-order valence-electron chi connectivity index (χ2n) is 8.02. The molecule has 0 atom stereocenters. The van der Waals surface area contributed by atoms with Crippen LogP contribution in [0, 0.1) is 0 Å². The van der Waals surface area contributed by atoms with E-state index in [1.165, 1.54) is 24.4 Å². The minimum absolute atomic E-state index is 0.0661. The topological polar surface area (TPSA) is 102 Å². The Morgan fingerprint density at radius 1 is 1.13 bits per heavy atom. The highest BCUT2D eigenvalue weighted by Gasteiger charge is 2.18. The smallest absolute Gasteiger partial charge is 0.321 e. The van der Waals surface area contributed by atoms with E-state index < -0.39 is 6.03 Å². The standard InChI is InChI=1S/C22H27N5O3S/c1-22(2,3)16-9-7-15(8-10-16)19-25-26-21(27(19)14-17-6-5-12-30-17)31-13-11-18(28)24-20(29)23-4/h5-10,12H,11,13-14H2,1-4H3,(H2,23,24,28,29). The first-order valence-corrected chi connectivity index (χ1v) is 11.0. The molecular weight excluding hydrogens is 414 g/mol. The highest BCUT2D eigenvalue weighted by molar-refractivity contribution is 7.99. The van der Waals surface area contributed by atoms with Crippen molar-refractivity contribution in [2.45, 2.75) is 44.3 Å². The van der Waals surface area contributed by atoms with Gasteiger partial charge in [-0.1, -0.05) is 56.8 Å². The number of urea groups is 1. The summed E-state index contributed by atoms with van der Waals surface area (Å²) in [5.41, 5.74) is 2.26. The highest BCUT2D eigenvalue weighted by Crippen LogP contribution is 2.28. The summed E-state index contributed by atoms with van der Waals surface area (Å²) in [5, 5.41) is 14.0. The highest BCUT2D eigenvalue weighted by atomic mass is 32.2. The van der Waals surface area contributed by atoms with Crippen LogP contribution >= 0.6 is 11.8 Å². The Hall–Kier alpha value is -3.07. The lowest BCUT2D eigenvalue weighted by Gasteiger charge is -2.19. The van der Waals surface area contributed by atoms with Gasteiger partial charge in [-0.05, 0) is 23.1 Å². The zero-order valence-corrected chi connectivity index (χ0v) is 19.0. The molecule has 3 rings (SSSR count). The molecule has 0 aliphatic heterocycles. The SMILES string of the molecule is CNC(=O)NC(=O)CCSc1nnc(-c2ccc(C(C)(C)C)cc2)n1Cc1ccco1. The molecule has 0 fully saturated rings. The lowest BCUT2D eigenvalue weighted by Crippen LogP contribution is -2.37. The Balaban J connectivity index is 1.79. The van der Waals surface area contributed by atoms with Gasteiger partial charge in [-0.25, -0.2) is 4.79 Å². The van der Waals surface area contributed by atoms with Crippen LogP contribution in [-0.2, 0) is 16.8 Å². The first kappa shape index (κ1) is 22.6. The van der Waals surface area contributed by atoms with E-state index in [1.54, 1.807) is 6.26 Å². The molecule has 0 radical (unpaired) electrons. The molecule has 0 unspecified atom stereocenters. The third-order valence-electron chi connectivity index (χ3n) is 4.66. The van der Waals surface area contributed by atoms with E-state index in [0.29, 0.717) is 17.5 Å². The molecule has 164 valence electrons. The van der Waals surface area contributed by atoms with Crippen molar-refractivity contribution in [3.05, 3.63) is 54.0 Å². The van der Waals surface area contributed by atoms with Crippen LogP contribution in [0.15, 0.2) is 52.2 Å². The molecule has 0 saturated heterocycles. The fourth-order valence-corrected chi connectivity index (χ4v) is 3.79. The molecule has 2 heterocycles. The molecule has 0 aliphatic carbocycles. The van der Waals surface area contributed by atoms with Gasteiger partial charge >= 0.3 is 6.03 Å². The van der Waals surface area contributed by atoms with E-state index in [9.17, 15) is 9.59 Å². The summed E-state index contributed by atoms with van der Waals surface area (Å²) in [6.45, 7) is 7.01. The summed E-state index contributed by atoms with van der Waals surface area (Å²) in [4.78, 5) is 23.1. The quantitative estimate of drug-likeness (QED) is 0.541.